The molecule has 0 aliphatic rings. The van der Waals surface area contributed by atoms with Gasteiger partial charge in [0.1, 0.15) is 11.5 Å². The van der Waals surface area contributed by atoms with Gasteiger partial charge < -0.3 is 14.6 Å². The van der Waals surface area contributed by atoms with Crippen LogP contribution in [0.2, 0.25) is 0 Å². The molecular weight excluding hydrogens is 332 g/mol. The van der Waals surface area contributed by atoms with E-state index in [1.807, 2.05) is 43.3 Å². The minimum atomic E-state index is -0.0942. The Labute approximate surface area is 151 Å². The van der Waals surface area contributed by atoms with Crippen LogP contribution >= 0.6 is 0 Å². The Morgan fingerprint density at radius 3 is 2.58 bits per heavy atom. The van der Waals surface area contributed by atoms with Gasteiger partial charge in [-0.25, -0.2) is 0 Å². The van der Waals surface area contributed by atoms with Crippen molar-refractivity contribution in [2.45, 2.75) is 33.1 Å². The summed E-state index contributed by atoms with van der Waals surface area (Å²) in [4.78, 5) is 0. The van der Waals surface area contributed by atoms with Crippen molar-refractivity contribution in [2.75, 3.05) is 12.4 Å². The van der Waals surface area contributed by atoms with Gasteiger partial charge in [-0.3, -0.25) is 0 Å². The van der Waals surface area contributed by atoms with Gasteiger partial charge in [0.25, 0.3) is 0 Å². The van der Waals surface area contributed by atoms with Crippen LogP contribution in [0.1, 0.15) is 39.3 Å². The predicted molar refractivity (Wildman–Crippen MR) is 98.2 cm³/mol. The van der Waals surface area contributed by atoms with E-state index in [4.69, 9.17) is 9.26 Å². The fourth-order valence-electron chi connectivity index (χ4n) is 2.31. The Kier molecular flexibility index (Phi) is 4.75. The number of allylic oxidation sites excluding steroid dienone is 1. The van der Waals surface area contributed by atoms with Crippen molar-refractivity contribution < 1.29 is 9.26 Å². The highest BCUT2D eigenvalue weighted by molar-refractivity contribution is 5.54. The lowest BCUT2D eigenvalue weighted by molar-refractivity contribution is 0.331. The van der Waals surface area contributed by atoms with Gasteiger partial charge >= 0.3 is 0 Å². The van der Waals surface area contributed by atoms with Crippen LogP contribution in [-0.4, -0.2) is 32.5 Å². The number of nitrogens with zero attached hydrogens (tertiary/aromatic N) is 5. The van der Waals surface area contributed by atoms with E-state index in [-0.39, 0.29) is 5.41 Å². The van der Waals surface area contributed by atoms with Crippen LogP contribution in [0, 0.1) is 0 Å². The van der Waals surface area contributed by atoms with Crippen molar-refractivity contribution in [1.82, 2.24) is 25.4 Å². The van der Waals surface area contributed by atoms with Crippen LogP contribution in [0.25, 0.3) is 11.8 Å². The van der Waals surface area contributed by atoms with Gasteiger partial charge in [0.15, 0.2) is 11.6 Å². The van der Waals surface area contributed by atoms with E-state index in [0.29, 0.717) is 11.6 Å². The molecule has 0 fully saturated rings. The number of benzene rings is 1. The number of anilines is 1. The number of ether oxygens (including phenoxy) is 1. The van der Waals surface area contributed by atoms with Crippen molar-refractivity contribution in [3.63, 3.8) is 0 Å². The van der Waals surface area contributed by atoms with Crippen molar-refractivity contribution in [3.05, 3.63) is 47.6 Å². The molecule has 8 nitrogen and oxygen atoms in total. The fourth-order valence-corrected chi connectivity index (χ4v) is 2.31. The molecule has 0 saturated heterocycles. The zero-order valence-electron chi connectivity index (χ0n) is 15.5. The molecule has 2 heterocycles. The Morgan fingerprint density at radius 1 is 1.23 bits per heavy atom. The monoisotopic (exact) mass is 354 g/mol. The molecule has 1 aromatic carbocycles. The number of methoxy groups -OCH3 is 1. The third-order valence-electron chi connectivity index (χ3n) is 3.73. The number of aromatic nitrogens is 5. The summed E-state index contributed by atoms with van der Waals surface area (Å²) in [6.07, 6.45) is 1.84. The minimum Gasteiger partial charge on any atom is -0.497 e. The Bertz CT molecular complexity index is 902. The summed E-state index contributed by atoms with van der Waals surface area (Å²) in [6, 6.07) is 9.40. The second-order valence-electron chi connectivity index (χ2n) is 6.93. The molecule has 3 rings (SSSR count). The molecule has 0 saturated carbocycles. The molecule has 0 amide bonds. The van der Waals surface area contributed by atoms with Crippen LogP contribution < -0.4 is 10.1 Å². The van der Waals surface area contributed by atoms with Crippen LogP contribution in [0.4, 0.5) is 5.82 Å². The molecule has 0 aliphatic heterocycles. The summed E-state index contributed by atoms with van der Waals surface area (Å²) in [5.41, 5.74) is 1.58. The third kappa shape index (κ3) is 3.90. The van der Waals surface area contributed by atoms with Gasteiger partial charge in [-0.2, -0.15) is 4.68 Å². The maximum Gasteiger partial charge on any atom is 0.181 e. The van der Waals surface area contributed by atoms with Crippen LogP contribution in [0.5, 0.6) is 5.75 Å². The average molecular weight is 354 g/mol. The summed E-state index contributed by atoms with van der Waals surface area (Å²) < 4.78 is 12.2. The molecule has 0 spiro atoms. The van der Waals surface area contributed by atoms with E-state index in [9.17, 15) is 0 Å². The van der Waals surface area contributed by atoms with E-state index in [1.165, 1.54) is 0 Å². The number of tetrazole rings is 1. The van der Waals surface area contributed by atoms with E-state index in [2.05, 4.69) is 46.8 Å². The Hall–Kier alpha value is -3.16. The highest BCUT2D eigenvalue weighted by Gasteiger charge is 2.19. The van der Waals surface area contributed by atoms with E-state index >= 15 is 0 Å². The summed E-state index contributed by atoms with van der Waals surface area (Å²) in [7, 11) is 1.63. The lowest BCUT2D eigenvalue weighted by Gasteiger charge is -2.12. The molecule has 26 heavy (non-hydrogen) atoms. The van der Waals surface area contributed by atoms with E-state index < -0.39 is 0 Å². The third-order valence-corrected chi connectivity index (χ3v) is 3.73. The molecule has 0 unspecified atom stereocenters. The second kappa shape index (κ2) is 6.99. The van der Waals surface area contributed by atoms with Gasteiger partial charge in [0.05, 0.1) is 12.8 Å². The predicted octanol–water partition coefficient (Wildman–Crippen LogP) is 3.43. The van der Waals surface area contributed by atoms with E-state index in [0.717, 1.165) is 22.9 Å². The minimum absolute atomic E-state index is 0.0942. The lowest BCUT2D eigenvalue weighted by Crippen LogP contribution is -2.09. The van der Waals surface area contributed by atoms with Gasteiger partial charge in [-0.15, -0.1) is 5.10 Å². The standard InChI is InChI=1S/C18H22N6O2/c1-12(19-16-11-15(26-21-16)18(2,3)4)10-17-20-22-23-24(17)13-6-8-14(25-5)9-7-13/h6-11H,1-5H3,(H,19,21)/b12-10-. The molecule has 0 aliphatic carbocycles. The molecule has 2 aromatic heterocycles. The number of hydrogen-bond acceptors (Lipinski definition) is 7. The molecule has 1 N–H and O–H groups in total. The summed E-state index contributed by atoms with van der Waals surface area (Å²) in [5.74, 6) is 2.83. The number of hydrogen-bond donors (Lipinski definition) is 1. The van der Waals surface area contributed by atoms with Crippen molar-refractivity contribution >= 4 is 11.9 Å². The smallest absolute Gasteiger partial charge is 0.181 e. The Morgan fingerprint density at radius 2 is 1.96 bits per heavy atom. The Balaban J connectivity index is 1.79. The van der Waals surface area contributed by atoms with Gasteiger partial charge in [0.2, 0.25) is 0 Å². The highest BCUT2D eigenvalue weighted by atomic mass is 16.5. The lowest BCUT2D eigenvalue weighted by atomic mass is 9.93. The molecule has 136 valence electrons. The maximum atomic E-state index is 5.38. The van der Waals surface area contributed by atoms with E-state index in [1.54, 1.807) is 11.8 Å². The first-order chi connectivity index (χ1) is 12.4. The SMILES string of the molecule is COc1ccc(-n2nnnc2/C=C(/C)Nc2cc(C(C)(C)C)on2)cc1. The zero-order valence-corrected chi connectivity index (χ0v) is 15.5. The van der Waals surface area contributed by atoms with Gasteiger partial charge in [0, 0.05) is 23.3 Å². The molecule has 8 heteroatoms. The average Bonchev–Trinajstić information content (AvgIpc) is 3.24. The highest BCUT2D eigenvalue weighted by Crippen LogP contribution is 2.25. The first kappa shape index (κ1) is 17.7. The molecule has 0 bridgehead atoms. The summed E-state index contributed by atoms with van der Waals surface area (Å²) >= 11 is 0. The largest absolute Gasteiger partial charge is 0.497 e. The topological polar surface area (TPSA) is 90.9 Å². The van der Waals surface area contributed by atoms with Crippen LogP contribution in [0.15, 0.2) is 40.6 Å². The molecule has 0 radical (unpaired) electrons. The normalized spacial score (nSPS) is 12.3. The summed E-state index contributed by atoms with van der Waals surface area (Å²) in [6.45, 7) is 8.13. The second-order valence-corrected chi connectivity index (χ2v) is 6.93. The zero-order chi connectivity index (χ0) is 18.7. The summed E-state index contributed by atoms with van der Waals surface area (Å²) in [5, 5.41) is 19.1. The number of nitrogens with one attached hydrogen (secondary N) is 1. The molecule has 3 aromatic rings. The fraction of sp³-hybridized carbons (Fsp3) is 0.333. The number of rotatable bonds is 5. The first-order valence-corrected chi connectivity index (χ1v) is 8.22. The van der Waals surface area contributed by atoms with Crippen molar-refractivity contribution in [3.8, 4) is 11.4 Å². The first-order valence-electron chi connectivity index (χ1n) is 8.22. The van der Waals surface area contributed by atoms with Crippen molar-refractivity contribution in [1.29, 1.82) is 0 Å². The quantitative estimate of drug-likeness (QED) is 0.750. The van der Waals surface area contributed by atoms with Crippen LogP contribution in [-0.2, 0) is 5.41 Å². The molecule has 0 atom stereocenters. The molecular formula is C18H22N6O2. The van der Waals surface area contributed by atoms with Crippen LogP contribution in [0.3, 0.4) is 0 Å². The van der Waals surface area contributed by atoms with Gasteiger partial charge in [-0.05, 0) is 41.6 Å². The van der Waals surface area contributed by atoms with Crippen molar-refractivity contribution in [2.24, 2.45) is 0 Å². The maximum absolute atomic E-state index is 5.38. The van der Waals surface area contributed by atoms with Gasteiger partial charge in [-0.1, -0.05) is 25.9 Å².